The van der Waals surface area contributed by atoms with Crippen molar-refractivity contribution in [2.45, 2.75) is 50.2 Å². The third kappa shape index (κ3) is 4.77. The molecular weight excluding hydrogens is 324 g/mol. The number of aromatic nitrogens is 2. The predicted molar refractivity (Wildman–Crippen MR) is 89.9 cm³/mol. The smallest absolute Gasteiger partial charge is 0.229 e. The zero-order chi connectivity index (χ0) is 17.9. The van der Waals surface area contributed by atoms with E-state index in [1.54, 1.807) is 14.1 Å². The van der Waals surface area contributed by atoms with Gasteiger partial charge in [-0.3, -0.25) is 9.69 Å². The first-order chi connectivity index (χ1) is 12.0. The molecule has 3 heterocycles. The minimum atomic E-state index is -0.979. The molecule has 1 unspecified atom stereocenters. The van der Waals surface area contributed by atoms with Gasteiger partial charge in [-0.2, -0.15) is 4.98 Å². The van der Waals surface area contributed by atoms with Crippen LogP contribution in [0.4, 0.5) is 0 Å². The highest BCUT2D eigenvalue weighted by Crippen LogP contribution is 2.27. The van der Waals surface area contributed by atoms with E-state index in [1.165, 1.54) is 4.90 Å². The second kappa shape index (κ2) is 7.80. The number of carbonyl (C=O) groups excluding carboxylic acids is 1. The number of rotatable bonds is 5. The molecule has 2 aliphatic rings. The first-order valence-corrected chi connectivity index (χ1v) is 9.00. The summed E-state index contributed by atoms with van der Waals surface area (Å²) in [5.74, 6) is 1.56. The average molecular weight is 352 g/mol. The Bertz CT molecular complexity index is 585. The number of amides is 1. The molecule has 3 rings (SSSR count). The van der Waals surface area contributed by atoms with E-state index in [0.717, 1.165) is 39.0 Å². The summed E-state index contributed by atoms with van der Waals surface area (Å²) in [4.78, 5) is 20.1. The molecule has 0 aliphatic carbocycles. The summed E-state index contributed by atoms with van der Waals surface area (Å²) in [6.07, 6.45) is 3.47. The minimum Gasteiger partial charge on any atom is -0.388 e. The quantitative estimate of drug-likeness (QED) is 0.837. The van der Waals surface area contributed by atoms with Crippen LogP contribution in [0.15, 0.2) is 4.52 Å². The summed E-state index contributed by atoms with van der Waals surface area (Å²) in [6.45, 7) is 3.32. The molecule has 0 saturated carbocycles. The standard InChI is InChI=1S/C17H28N4O4/c1-20(2)15(22)10-17(23)6-3-7-21(12-17)11-14-18-16(25-19-14)13-4-8-24-9-5-13/h13,23H,3-12H2,1-2H3. The topological polar surface area (TPSA) is 91.9 Å². The van der Waals surface area contributed by atoms with Gasteiger partial charge in [0.2, 0.25) is 11.8 Å². The van der Waals surface area contributed by atoms with E-state index < -0.39 is 5.60 Å². The van der Waals surface area contributed by atoms with Crippen molar-refractivity contribution in [3.8, 4) is 0 Å². The van der Waals surface area contributed by atoms with Crippen LogP contribution in [0.1, 0.15) is 49.7 Å². The largest absolute Gasteiger partial charge is 0.388 e. The fraction of sp³-hybridized carbons (Fsp3) is 0.824. The molecule has 2 aliphatic heterocycles. The van der Waals surface area contributed by atoms with Gasteiger partial charge in [-0.15, -0.1) is 0 Å². The number of hydrogen-bond acceptors (Lipinski definition) is 7. The van der Waals surface area contributed by atoms with Crippen LogP contribution in [0.25, 0.3) is 0 Å². The number of nitrogens with zero attached hydrogens (tertiary/aromatic N) is 4. The van der Waals surface area contributed by atoms with Crippen molar-refractivity contribution < 1.29 is 19.2 Å². The van der Waals surface area contributed by atoms with Crippen molar-refractivity contribution in [3.05, 3.63) is 11.7 Å². The molecular formula is C17H28N4O4. The fourth-order valence-corrected chi connectivity index (χ4v) is 3.57. The van der Waals surface area contributed by atoms with Crippen LogP contribution < -0.4 is 0 Å². The molecule has 1 amide bonds. The highest BCUT2D eigenvalue weighted by atomic mass is 16.5. The fourth-order valence-electron chi connectivity index (χ4n) is 3.57. The monoisotopic (exact) mass is 352 g/mol. The van der Waals surface area contributed by atoms with Gasteiger partial charge in [0.1, 0.15) is 0 Å². The summed E-state index contributed by atoms with van der Waals surface area (Å²) >= 11 is 0. The van der Waals surface area contributed by atoms with E-state index in [0.29, 0.717) is 31.2 Å². The molecule has 8 nitrogen and oxygen atoms in total. The first-order valence-electron chi connectivity index (χ1n) is 9.00. The van der Waals surface area contributed by atoms with Gasteiger partial charge in [-0.05, 0) is 32.2 Å². The summed E-state index contributed by atoms with van der Waals surface area (Å²) in [5, 5.41) is 14.9. The lowest BCUT2D eigenvalue weighted by Crippen LogP contribution is -2.50. The van der Waals surface area contributed by atoms with E-state index in [2.05, 4.69) is 15.0 Å². The maximum absolute atomic E-state index is 12.0. The van der Waals surface area contributed by atoms with E-state index in [1.807, 2.05) is 0 Å². The summed E-state index contributed by atoms with van der Waals surface area (Å²) in [7, 11) is 3.42. The summed E-state index contributed by atoms with van der Waals surface area (Å²) < 4.78 is 10.8. The van der Waals surface area contributed by atoms with E-state index in [9.17, 15) is 9.90 Å². The van der Waals surface area contributed by atoms with Crippen LogP contribution in [-0.2, 0) is 16.1 Å². The normalized spacial score (nSPS) is 25.9. The van der Waals surface area contributed by atoms with Gasteiger partial charge < -0.3 is 19.3 Å². The zero-order valence-corrected chi connectivity index (χ0v) is 15.1. The van der Waals surface area contributed by atoms with Crippen molar-refractivity contribution in [1.82, 2.24) is 19.9 Å². The lowest BCUT2D eigenvalue weighted by molar-refractivity contribution is -0.136. The minimum absolute atomic E-state index is 0.0503. The molecule has 0 spiro atoms. The third-order valence-corrected chi connectivity index (χ3v) is 5.03. The van der Waals surface area contributed by atoms with Gasteiger partial charge in [-0.1, -0.05) is 5.16 Å². The number of likely N-dealkylation sites (tertiary alicyclic amines) is 1. The van der Waals surface area contributed by atoms with Crippen LogP contribution in [0.2, 0.25) is 0 Å². The molecule has 0 radical (unpaired) electrons. The zero-order valence-electron chi connectivity index (χ0n) is 15.1. The van der Waals surface area contributed by atoms with E-state index in [-0.39, 0.29) is 18.2 Å². The maximum atomic E-state index is 12.0. The van der Waals surface area contributed by atoms with E-state index >= 15 is 0 Å². The van der Waals surface area contributed by atoms with Crippen molar-refractivity contribution in [1.29, 1.82) is 0 Å². The van der Waals surface area contributed by atoms with Gasteiger partial charge in [0.25, 0.3) is 0 Å². The van der Waals surface area contributed by atoms with Gasteiger partial charge in [-0.25, -0.2) is 0 Å². The molecule has 2 fully saturated rings. The van der Waals surface area contributed by atoms with Crippen LogP contribution in [0, 0.1) is 0 Å². The van der Waals surface area contributed by atoms with Gasteiger partial charge in [0, 0.05) is 39.8 Å². The molecule has 1 N–H and O–H groups in total. The molecule has 25 heavy (non-hydrogen) atoms. The van der Waals surface area contributed by atoms with Crippen molar-refractivity contribution >= 4 is 5.91 Å². The Morgan fingerprint density at radius 2 is 2.16 bits per heavy atom. The molecule has 2 saturated heterocycles. The van der Waals surface area contributed by atoms with Crippen LogP contribution in [0.3, 0.4) is 0 Å². The summed E-state index contributed by atoms with van der Waals surface area (Å²) in [6, 6.07) is 0. The Morgan fingerprint density at radius 3 is 2.88 bits per heavy atom. The maximum Gasteiger partial charge on any atom is 0.229 e. The number of hydrogen-bond donors (Lipinski definition) is 1. The number of β-amino-alcohol motifs (C(OH)–C–C–N with tert-alkyl or cyclic N) is 1. The molecule has 0 aromatic carbocycles. The van der Waals surface area contributed by atoms with Crippen LogP contribution in [-0.4, -0.2) is 77.0 Å². The number of carbonyl (C=O) groups is 1. The Balaban J connectivity index is 1.57. The number of ether oxygens (including phenoxy) is 1. The predicted octanol–water partition coefficient (Wildman–Crippen LogP) is 0.769. The second-order valence-corrected chi connectivity index (χ2v) is 7.44. The highest BCUT2D eigenvalue weighted by Gasteiger charge is 2.36. The average Bonchev–Trinajstić information content (AvgIpc) is 3.03. The van der Waals surface area contributed by atoms with Gasteiger partial charge >= 0.3 is 0 Å². The second-order valence-electron chi connectivity index (χ2n) is 7.44. The van der Waals surface area contributed by atoms with Crippen LogP contribution in [0.5, 0.6) is 0 Å². The van der Waals surface area contributed by atoms with Crippen molar-refractivity contribution in [2.24, 2.45) is 0 Å². The van der Waals surface area contributed by atoms with E-state index in [4.69, 9.17) is 9.26 Å². The lowest BCUT2D eigenvalue weighted by Gasteiger charge is -2.38. The van der Waals surface area contributed by atoms with Gasteiger partial charge in [0.05, 0.1) is 18.6 Å². The highest BCUT2D eigenvalue weighted by molar-refractivity contribution is 5.76. The number of piperidine rings is 1. The molecule has 140 valence electrons. The Kier molecular flexibility index (Phi) is 5.71. The molecule has 1 atom stereocenters. The SMILES string of the molecule is CN(C)C(=O)CC1(O)CCCN(Cc2noc(C3CCOCC3)n2)C1. The van der Waals surface area contributed by atoms with Crippen LogP contribution >= 0.6 is 0 Å². The molecule has 0 bridgehead atoms. The molecule has 8 heteroatoms. The Hall–Kier alpha value is -1.51. The van der Waals surface area contributed by atoms with Gasteiger partial charge in [0.15, 0.2) is 5.82 Å². The molecule has 1 aromatic heterocycles. The Morgan fingerprint density at radius 1 is 1.40 bits per heavy atom. The van der Waals surface area contributed by atoms with Crippen molar-refractivity contribution in [3.63, 3.8) is 0 Å². The third-order valence-electron chi connectivity index (χ3n) is 5.03. The van der Waals surface area contributed by atoms with Crippen molar-refractivity contribution in [2.75, 3.05) is 40.4 Å². The Labute approximate surface area is 148 Å². The number of aliphatic hydroxyl groups is 1. The molecule has 1 aromatic rings. The lowest BCUT2D eigenvalue weighted by atomic mass is 9.89. The first kappa shape index (κ1) is 18.3. The summed E-state index contributed by atoms with van der Waals surface area (Å²) in [5.41, 5.74) is -0.979.